The largest absolute Gasteiger partial charge is 0.399 e. The maximum atomic E-state index is 7.36. The normalized spacial score (nSPS) is 20.6. The summed E-state index contributed by atoms with van der Waals surface area (Å²) in [6.45, 7) is 0.843. The van der Waals surface area contributed by atoms with Crippen molar-refractivity contribution in [1.82, 2.24) is 0 Å². The van der Waals surface area contributed by atoms with Gasteiger partial charge in [0.05, 0.1) is 12.2 Å². The van der Waals surface area contributed by atoms with Crippen molar-refractivity contribution in [2.24, 2.45) is 0 Å². The van der Waals surface area contributed by atoms with E-state index in [4.69, 9.17) is 15.9 Å². The molecule has 4 heteroatoms. The van der Waals surface area contributed by atoms with Gasteiger partial charge in [0.15, 0.2) is 6.23 Å². The van der Waals surface area contributed by atoms with Crippen molar-refractivity contribution in [3.63, 3.8) is 0 Å². The van der Waals surface area contributed by atoms with Gasteiger partial charge in [-0.15, -0.1) is 0 Å². The average molecular weight is 220 g/mol. The first kappa shape index (κ1) is 11.1. The lowest BCUT2D eigenvalue weighted by atomic mass is 10.1. The second-order valence-corrected chi connectivity index (χ2v) is 4.10. The number of nitrogen functional groups attached to an aromatic ring is 1. The van der Waals surface area contributed by atoms with Gasteiger partial charge in [-0.2, -0.15) is 0 Å². The first-order valence-corrected chi connectivity index (χ1v) is 5.66. The molecule has 1 heterocycles. The van der Waals surface area contributed by atoms with Crippen LogP contribution >= 0.6 is 0 Å². The quantitative estimate of drug-likeness (QED) is 0.525. The van der Waals surface area contributed by atoms with Crippen LogP contribution in [0.15, 0.2) is 18.2 Å². The molecule has 0 spiro atoms. The maximum absolute atomic E-state index is 7.36. The third-order valence-corrected chi connectivity index (χ3v) is 2.85. The number of ether oxygens (including phenoxy) is 1. The highest BCUT2D eigenvalue weighted by Crippen LogP contribution is 2.14. The molecule has 1 aliphatic heterocycles. The van der Waals surface area contributed by atoms with Gasteiger partial charge < -0.3 is 15.9 Å². The van der Waals surface area contributed by atoms with Crippen LogP contribution in [0.3, 0.4) is 0 Å². The lowest BCUT2D eigenvalue weighted by Crippen LogP contribution is -2.86. The van der Waals surface area contributed by atoms with Crippen molar-refractivity contribution in [2.45, 2.75) is 25.5 Å². The van der Waals surface area contributed by atoms with E-state index in [0.29, 0.717) is 5.69 Å². The molecule has 86 valence electrons. The van der Waals surface area contributed by atoms with Gasteiger partial charge >= 0.3 is 0 Å². The number of hydrogen-bond acceptors (Lipinski definition) is 3. The van der Waals surface area contributed by atoms with Crippen molar-refractivity contribution in [3.8, 4) is 0 Å². The maximum Gasteiger partial charge on any atom is 0.194 e. The Kier molecular flexibility index (Phi) is 3.54. The van der Waals surface area contributed by atoms with E-state index in [1.165, 1.54) is 12.6 Å². The molecule has 0 amide bonds. The Morgan fingerprint density at radius 3 is 3.00 bits per heavy atom. The Morgan fingerprint density at radius 1 is 1.44 bits per heavy atom. The van der Waals surface area contributed by atoms with Crippen molar-refractivity contribution in [3.05, 3.63) is 23.8 Å². The summed E-state index contributed by atoms with van der Waals surface area (Å²) in [5.74, 6) is 0. The summed E-state index contributed by atoms with van der Waals surface area (Å²) in [6, 6.07) is 5.64. The zero-order chi connectivity index (χ0) is 11.4. The molecule has 1 aliphatic rings. The fourth-order valence-electron chi connectivity index (χ4n) is 1.97. The molecular formula is C12H18N3O+. The highest BCUT2D eigenvalue weighted by Gasteiger charge is 2.18. The van der Waals surface area contributed by atoms with Crippen LogP contribution in [-0.4, -0.2) is 19.0 Å². The third-order valence-electron chi connectivity index (χ3n) is 2.85. The van der Waals surface area contributed by atoms with Gasteiger partial charge in [-0.3, -0.25) is 5.32 Å². The molecule has 0 aliphatic carbocycles. The van der Waals surface area contributed by atoms with E-state index in [1.807, 2.05) is 18.2 Å². The zero-order valence-electron chi connectivity index (χ0n) is 9.28. The molecule has 1 saturated heterocycles. The topological polar surface area (TPSA) is 75.7 Å². The second-order valence-electron chi connectivity index (χ2n) is 4.10. The monoisotopic (exact) mass is 220 g/mol. The van der Waals surface area contributed by atoms with Crippen LogP contribution in [0.1, 0.15) is 24.8 Å². The van der Waals surface area contributed by atoms with Gasteiger partial charge in [0.25, 0.3) is 0 Å². The summed E-state index contributed by atoms with van der Waals surface area (Å²) in [4.78, 5) is 0. The van der Waals surface area contributed by atoms with Gasteiger partial charge in [0.2, 0.25) is 0 Å². The predicted molar refractivity (Wildman–Crippen MR) is 63.9 cm³/mol. The molecule has 1 atom stereocenters. The minimum atomic E-state index is 0.191. The predicted octanol–water partition coefficient (Wildman–Crippen LogP) is 0.988. The summed E-state index contributed by atoms with van der Waals surface area (Å²) in [6.07, 6.45) is 4.97. The lowest BCUT2D eigenvalue weighted by Gasteiger charge is -2.20. The fourth-order valence-corrected chi connectivity index (χ4v) is 1.97. The number of hydrogen-bond donors (Lipinski definition) is 3. The molecule has 4 nitrogen and oxygen atoms in total. The minimum Gasteiger partial charge on any atom is -0.399 e. The number of benzene rings is 1. The summed E-state index contributed by atoms with van der Waals surface area (Å²) in [7, 11) is 0. The Balaban J connectivity index is 2.10. The number of anilines is 1. The van der Waals surface area contributed by atoms with Gasteiger partial charge in [0, 0.05) is 24.4 Å². The number of nitrogens with one attached hydrogen (secondary N) is 1. The standard InChI is InChI=1S/C12H17N3O/c13-8-9-7-10(14)4-5-11(9)15-12-3-1-2-6-16-12/h4-5,7-8,12-13,15H,1-3,6,14H2/p+1. The molecule has 1 fully saturated rings. The van der Waals surface area contributed by atoms with Gasteiger partial charge in [-0.05, 0) is 25.0 Å². The molecule has 0 bridgehead atoms. The van der Waals surface area contributed by atoms with E-state index in [1.54, 1.807) is 0 Å². The number of rotatable bonds is 3. The van der Waals surface area contributed by atoms with Crippen molar-refractivity contribution >= 4 is 17.6 Å². The van der Waals surface area contributed by atoms with Gasteiger partial charge in [0.1, 0.15) is 5.69 Å². The van der Waals surface area contributed by atoms with Crippen molar-refractivity contribution < 1.29 is 10.1 Å². The Hall–Kier alpha value is -1.39. The molecule has 1 unspecified atom stereocenters. The van der Waals surface area contributed by atoms with E-state index in [9.17, 15) is 0 Å². The SMILES string of the molecule is N=Cc1cc(N)ccc1[NH2+]C1CCCCO1. The zero-order valence-corrected chi connectivity index (χ0v) is 9.28. The molecule has 0 saturated carbocycles. The van der Waals surface area contributed by atoms with E-state index in [2.05, 4.69) is 5.32 Å². The highest BCUT2D eigenvalue weighted by atomic mass is 16.5. The molecule has 0 aromatic heterocycles. The van der Waals surface area contributed by atoms with Crippen LogP contribution in [0.25, 0.3) is 0 Å². The summed E-state index contributed by atoms with van der Waals surface area (Å²) < 4.78 is 5.65. The average Bonchev–Trinajstić information content (AvgIpc) is 2.33. The van der Waals surface area contributed by atoms with Crippen LogP contribution in [0.4, 0.5) is 11.4 Å². The number of quaternary nitrogens is 1. The first-order chi connectivity index (χ1) is 7.79. The minimum absolute atomic E-state index is 0.191. The highest BCUT2D eigenvalue weighted by molar-refractivity contribution is 5.84. The van der Waals surface area contributed by atoms with Crippen LogP contribution in [0.2, 0.25) is 0 Å². The fraction of sp³-hybridized carbons (Fsp3) is 0.417. The van der Waals surface area contributed by atoms with Crippen LogP contribution in [0, 0.1) is 5.41 Å². The molecular weight excluding hydrogens is 202 g/mol. The van der Waals surface area contributed by atoms with Crippen molar-refractivity contribution in [1.29, 1.82) is 5.41 Å². The van der Waals surface area contributed by atoms with E-state index < -0.39 is 0 Å². The Labute approximate surface area is 95.3 Å². The van der Waals surface area contributed by atoms with E-state index in [0.717, 1.165) is 30.7 Å². The first-order valence-electron chi connectivity index (χ1n) is 5.66. The molecule has 5 N–H and O–H groups in total. The van der Waals surface area contributed by atoms with Crippen molar-refractivity contribution in [2.75, 3.05) is 12.3 Å². The third kappa shape index (κ3) is 2.59. The molecule has 1 aromatic carbocycles. The van der Waals surface area contributed by atoms with E-state index in [-0.39, 0.29) is 6.23 Å². The van der Waals surface area contributed by atoms with Gasteiger partial charge in [-0.25, -0.2) is 0 Å². The molecule has 2 rings (SSSR count). The smallest absolute Gasteiger partial charge is 0.194 e. The summed E-state index contributed by atoms with van der Waals surface area (Å²) >= 11 is 0. The number of nitrogens with two attached hydrogens (primary N) is 2. The molecule has 0 radical (unpaired) electrons. The van der Waals surface area contributed by atoms with Gasteiger partial charge in [-0.1, -0.05) is 0 Å². The second kappa shape index (κ2) is 5.09. The Morgan fingerprint density at radius 2 is 2.31 bits per heavy atom. The Bertz CT molecular complexity index is 373. The molecule has 16 heavy (non-hydrogen) atoms. The lowest BCUT2D eigenvalue weighted by molar-refractivity contribution is -0.660. The summed E-state index contributed by atoms with van der Waals surface area (Å²) in [5.41, 5.74) is 8.28. The van der Waals surface area contributed by atoms with E-state index >= 15 is 0 Å². The van der Waals surface area contributed by atoms with Crippen LogP contribution < -0.4 is 11.1 Å². The van der Waals surface area contributed by atoms with Crippen LogP contribution in [-0.2, 0) is 4.74 Å². The molecule has 1 aromatic rings. The van der Waals surface area contributed by atoms with Crippen LogP contribution in [0.5, 0.6) is 0 Å². The summed E-state index contributed by atoms with van der Waals surface area (Å²) in [5, 5.41) is 9.45.